The first-order valence-electron chi connectivity index (χ1n) is 7.19. The Bertz CT molecular complexity index is 776. The maximum Gasteiger partial charge on any atom is 0.124 e. The standard InChI is InChI=1S/C18H20N2S/c1-18(2,3)16-15(11-19)21-17(20-16)14-10-6-8-12-7-4-5-9-13(12)14/h4-10H,11,19H2,1-3H3. The molecular weight excluding hydrogens is 276 g/mol. The molecule has 0 atom stereocenters. The summed E-state index contributed by atoms with van der Waals surface area (Å²) >= 11 is 1.72. The molecule has 0 amide bonds. The highest BCUT2D eigenvalue weighted by Gasteiger charge is 2.23. The maximum absolute atomic E-state index is 5.92. The first kappa shape index (κ1) is 14.2. The van der Waals surface area contributed by atoms with Gasteiger partial charge in [0.25, 0.3) is 0 Å². The van der Waals surface area contributed by atoms with E-state index in [2.05, 4.69) is 63.2 Å². The molecule has 0 unspecified atom stereocenters. The Balaban J connectivity index is 2.22. The van der Waals surface area contributed by atoms with Crippen molar-refractivity contribution in [2.45, 2.75) is 32.7 Å². The summed E-state index contributed by atoms with van der Waals surface area (Å²) in [5.41, 5.74) is 8.26. The van der Waals surface area contributed by atoms with Crippen LogP contribution >= 0.6 is 11.3 Å². The van der Waals surface area contributed by atoms with Gasteiger partial charge in [-0.15, -0.1) is 11.3 Å². The quantitative estimate of drug-likeness (QED) is 0.743. The number of benzene rings is 2. The molecule has 0 radical (unpaired) electrons. The molecule has 1 heterocycles. The van der Waals surface area contributed by atoms with Crippen LogP contribution in [0.25, 0.3) is 21.3 Å². The van der Waals surface area contributed by atoms with Crippen LogP contribution in [0.3, 0.4) is 0 Å². The summed E-state index contributed by atoms with van der Waals surface area (Å²) in [6.07, 6.45) is 0. The van der Waals surface area contributed by atoms with E-state index in [1.54, 1.807) is 11.3 Å². The number of thiazole rings is 1. The van der Waals surface area contributed by atoms with Crippen molar-refractivity contribution in [1.82, 2.24) is 4.98 Å². The Kier molecular flexibility index (Phi) is 3.56. The number of rotatable bonds is 2. The van der Waals surface area contributed by atoms with Crippen molar-refractivity contribution >= 4 is 22.1 Å². The van der Waals surface area contributed by atoms with Crippen molar-refractivity contribution in [3.8, 4) is 10.6 Å². The molecular formula is C18H20N2S. The van der Waals surface area contributed by atoms with E-state index in [1.165, 1.54) is 21.2 Å². The fourth-order valence-corrected chi connectivity index (χ4v) is 3.79. The van der Waals surface area contributed by atoms with Crippen molar-refractivity contribution in [3.63, 3.8) is 0 Å². The molecule has 3 rings (SSSR count). The number of nitrogens with two attached hydrogens (primary N) is 1. The van der Waals surface area contributed by atoms with Crippen molar-refractivity contribution in [2.75, 3.05) is 0 Å². The Morgan fingerprint density at radius 3 is 2.43 bits per heavy atom. The second kappa shape index (κ2) is 5.24. The van der Waals surface area contributed by atoms with Gasteiger partial charge in [0.1, 0.15) is 5.01 Å². The summed E-state index contributed by atoms with van der Waals surface area (Å²) in [4.78, 5) is 6.10. The van der Waals surface area contributed by atoms with Crippen LogP contribution in [0.4, 0.5) is 0 Å². The van der Waals surface area contributed by atoms with Gasteiger partial charge >= 0.3 is 0 Å². The average molecular weight is 296 g/mol. The lowest BCUT2D eigenvalue weighted by Gasteiger charge is -2.16. The third kappa shape index (κ3) is 2.59. The molecule has 0 aliphatic carbocycles. The summed E-state index contributed by atoms with van der Waals surface area (Å²) in [5, 5.41) is 3.56. The highest BCUT2D eigenvalue weighted by molar-refractivity contribution is 7.15. The Labute approximate surface area is 129 Å². The van der Waals surface area contributed by atoms with Gasteiger partial charge in [-0.25, -0.2) is 4.98 Å². The Morgan fingerprint density at radius 2 is 1.76 bits per heavy atom. The van der Waals surface area contributed by atoms with Crippen LogP contribution in [0.5, 0.6) is 0 Å². The van der Waals surface area contributed by atoms with Gasteiger partial charge in [-0.1, -0.05) is 63.2 Å². The molecule has 21 heavy (non-hydrogen) atoms. The third-order valence-electron chi connectivity index (χ3n) is 3.61. The lowest BCUT2D eigenvalue weighted by molar-refractivity contribution is 0.567. The van der Waals surface area contributed by atoms with Crippen LogP contribution in [-0.2, 0) is 12.0 Å². The molecule has 108 valence electrons. The molecule has 0 saturated carbocycles. The second-order valence-corrected chi connectivity index (χ2v) is 7.36. The molecule has 2 aromatic carbocycles. The number of fused-ring (bicyclic) bond motifs is 1. The van der Waals surface area contributed by atoms with E-state index in [1.807, 2.05) is 0 Å². The number of hydrogen-bond donors (Lipinski definition) is 1. The predicted octanol–water partition coefficient (Wildman–Crippen LogP) is 4.72. The van der Waals surface area contributed by atoms with E-state index < -0.39 is 0 Å². The molecule has 2 nitrogen and oxygen atoms in total. The number of hydrogen-bond acceptors (Lipinski definition) is 3. The van der Waals surface area contributed by atoms with Gasteiger partial charge in [-0.3, -0.25) is 0 Å². The summed E-state index contributed by atoms with van der Waals surface area (Å²) in [6, 6.07) is 14.8. The summed E-state index contributed by atoms with van der Waals surface area (Å²) in [5.74, 6) is 0. The van der Waals surface area contributed by atoms with Crippen LogP contribution in [-0.4, -0.2) is 4.98 Å². The van der Waals surface area contributed by atoms with Crippen molar-refractivity contribution < 1.29 is 0 Å². The first-order valence-corrected chi connectivity index (χ1v) is 8.01. The molecule has 0 saturated heterocycles. The summed E-state index contributed by atoms with van der Waals surface area (Å²) in [6.45, 7) is 7.12. The van der Waals surface area contributed by atoms with Crippen LogP contribution in [0.15, 0.2) is 42.5 Å². The maximum atomic E-state index is 5.92. The van der Waals surface area contributed by atoms with E-state index in [0.717, 1.165) is 10.7 Å². The second-order valence-electron chi connectivity index (χ2n) is 6.27. The van der Waals surface area contributed by atoms with Crippen LogP contribution in [0, 0.1) is 0 Å². The Morgan fingerprint density at radius 1 is 1.05 bits per heavy atom. The summed E-state index contributed by atoms with van der Waals surface area (Å²) in [7, 11) is 0. The van der Waals surface area contributed by atoms with Crippen LogP contribution < -0.4 is 5.73 Å². The van der Waals surface area contributed by atoms with Crippen LogP contribution in [0.2, 0.25) is 0 Å². The van der Waals surface area contributed by atoms with Gasteiger partial charge in [-0.05, 0) is 10.8 Å². The zero-order valence-electron chi connectivity index (χ0n) is 12.7. The minimum absolute atomic E-state index is 0.0219. The molecule has 3 heteroatoms. The molecule has 2 N–H and O–H groups in total. The van der Waals surface area contributed by atoms with Crippen LogP contribution in [0.1, 0.15) is 31.3 Å². The smallest absolute Gasteiger partial charge is 0.124 e. The number of aromatic nitrogens is 1. The molecule has 1 aromatic heterocycles. The van der Waals surface area contributed by atoms with E-state index in [0.29, 0.717) is 6.54 Å². The molecule has 0 aliphatic heterocycles. The van der Waals surface area contributed by atoms with E-state index in [9.17, 15) is 0 Å². The topological polar surface area (TPSA) is 38.9 Å². The monoisotopic (exact) mass is 296 g/mol. The van der Waals surface area contributed by atoms with Crippen molar-refractivity contribution in [3.05, 3.63) is 53.0 Å². The molecule has 0 aliphatic rings. The van der Waals surface area contributed by atoms with Gasteiger partial charge in [0.05, 0.1) is 5.69 Å². The van der Waals surface area contributed by atoms with E-state index in [4.69, 9.17) is 10.7 Å². The lowest BCUT2D eigenvalue weighted by Crippen LogP contribution is -2.15. The minimum Gasteiger partial charge on any atom is -0.326 e. The summed E-state index contributed by atoms with van der Waals surface area (Å²) < 4.78 is 0. The third-order valence-corrected chi connectivity index (χ3v) is 4.72. The fraction of sp³-hybridized carbons (Fsp3) is 0.278. The average Bonchev–Trinajstić information content (AvgIpc) is 2.91. The predicted molar refractivity (Wildman–Crippen MR) is 91.6 cm³/mol. The van der Waals surface area contributed by atoms with E-state index >= 15 is 0 Å². The lowest BCUT2D eigenvalue weighted by atomic mass is 9.91. The molecule has 0 fully saturated rings. The number of nitrogens with zero attached hydrogens (tertiary/aromatic N) is 1. The first-order chi connectivity index (χ1) is 10.0. The van der Waals surface area contributed by atoms with Crippen molar-refractivity contribution in [1.29, 1.82) is 0 Å². The Hall–Kier alpha value is -1.71. The normalized spacial score (nSPS) is 12.0. The van der Waals surface area contributed by atoms with Gasteiger partial charge in [0.15, 0.2) is 0 Å². The zero-order valence-corrected chi connectivity index (χ0v) is 13.5. The molecule has 3 aromatic rings. The highest BCUT2D eigenvalue weighted by Crippen LogP contribution is 2.36. The van der Waals surface area contributed by atoms with Crippen molar-refractivity contribution in [2.24, 2.45) is 5.73 Å². The van der Waals surface area contributed by atoms with Gasteiger partial charge in [-0.2, -0.15) is 0 Å². The van der Waals surface area contributed by atoms with E-state index in [-0.39, 0.29) is 5.41 Å². The van der Waals surface area contributed by atoms with Gasteiger partial charge in [0.2, 0.25) is 0 Å². The zero-order chi connectivity index (χ0) is 15.0. The SMILES string of the molecule is CC(C)(C)c1nc(-c2cccc3ccccc23)sc1CN. The minimum atomic E-state index is 0.0219. The van der Waals surface area contributed by atoms with Gasteiger partial charge in [0, 0.05) is 22.4 Å². The molecule has 0 bridgehead atoms. The molecule has 0 spiro atoms. The largest absolute Gasteiger partial charge is 0.326 e. The van der Waals surface area contributed by atoms with Gasteiger partial charge < -0.3 is 5.73 Å². The highest BCUT2D eigenvalue weighted by atomic mass is 32.1. The fourth-order valence-electron chi connectivity index (χ4n) is 2.60.